The molecule has 0 unspecified atom stereocenters. The number of halogens is 1. The van der Waals surface area contributed by atoms with Gasteiger partial charge in [0.2, 0.25) is 0 Å². The van der Waals surface area contributed by atoms with Crippen LogP contribution in [-0.4, -0.2) is 18.0 Å². The van der Waals surface area contributed by atoms with Crippen molar-refractivity contribution in [2.24, 2.45) is 11.3 Å². The standard InChI is InChI=1S/C22H20NS.C19H25FNSi.Ir/c1-22(2,3)14-15-11-12-23-19(13-15)18-9-6-8-17-16-7-4-5-10-20(16)24-21(17)18;1-13(2)9-15-11-18(21-12-19(15)22(4,5)6)16-8-7-14(3)10-17(16)20;/h4-8,10-13H,14H2,1-3H3;7,10-13H,9H2,1-6H3;/q2*-1;/i;3D3;. The molecule has 0 N–H and O–H groups in total. The third-order valence-electron chi connectivity index (χ3n) is 7.73. The molecule has 0 aliphatic carbocycles. The summed E-state index contributed by atoms with van der Waals surface area (Å²) in [5.74, 6) is -0.116. The number of aromatic nitrogens is 2. The average molecular weight is 840 g/mol. The van der Waals surface area contributed by atoms with Crippen LogP contribution in [0.5, 0.6) is 0 Å². The zero-order chi connectivity index (χ0) is 35.7. The number of aryl methyl sites for hydroxylation is 1. The van der Waals surface area contributed by atoms with Crippen molar-refractivity contribution in [1.82, 2.24) is 9.97 Å². The molecule has 3 heterocycles. The monoisotopic (exact) mass is 840 g/mol. The molecule has 0 aliphatic rings. The van der Waals surface area contributed by atoms with Gasteiger partial charge in [0, 0.05) is 47.1 Å². The molecule has 6 rings (SSSR count). The minimum atomic E-state index is -2.34. The molecule has 6 heteroatoms. The van der Waals surface area contributed by atoms with E-state index in [4.69, 9.17) is 4.11 Å². The first-order valence-corrected chi connectivity index (χ1v) is 20.2. The summed E-state index contributed by atoms with van der Waals surface area (Å²) < 4.78 is 39.2. The number of fused-ring (bicyclic) bond motifs is 3. The van der Waals surface area contributed by atoms with Crippen LogP contribution >= 0.6 is 11.3 Å². The quantitative estimate of drug-likeness (QED) is 0.123. The summed E-state index contributed by atoms with van der Waals surface area (Å²) in [6.07, 6.45) is 5.75. The number of hydrogen-bond acceptors (Lipinski definition) is 3. The van der Waals surface area contributed by atoms with E-state index in [2.05, 4.69) is 119 Å². The molecule has 2 nitrogen and oxygen atoms in total. The molecule has 3 aromatic carbocycles. The first-order chi connectivity index (χ1) is 22.9. The number of pyridine rings is 2. The number of hydrogen-bond donors (Lipinski definition) is 0. The van der Waals surface area contributed by atoms with Gasteiger partial charge in [-0.05, 0) is 63.0 Å². The Kier molecular flexibility index (Phi) is 10.4. The molecule has 3 aromatic heterocycles. The molecule has 6 aromatic rings. The first-order valence-electron chi connectivity index (χ1n) is 17.4. The molecule has 47 heavy (non-hydrogen) atoms. The van der Waals surface area contributed by atoms with E-state index >= 15 is 0 Å². The topological polar surface area (TPSA) is 25.8 Å². The van der Waals surface area contributed by atoms with E-state index in [1.54, 1.807) is 0 Å². The van der Waals surface area contributed by atoms with Crippen molar-refractivity contribution in [3.8, 4) is 22.5 Å². The zero-order valence-corrected chi connectivity index (χ0v) is 32.7. The van der Waals surface area contributed by atoms with Crippen LogP contribution in [-0.2, 0) is 32.9 Å². The fraction of sp³-hybridized carbons (Fsp3) is 0.317. The summed E-state index contributed by atoms with van der Waals surface area (Å²) in [6, 6.07) is 27.7. The molecule has 247 valence electrons. The zero-order valence-electron chi connectivity index (χ0n) is 31.5. The fourth-order valence-corrected chi connectivity index (χ4v) is 8.59. The second-order valence-electron chi connectivity index (χ2n) is 14.7. The van der Waals surface area contributed by atoms with E-state index < -0.39 is 20.7 Å². The maximum Gasteiger partial charge on any atom is 0.0798 e. The second-order valence-corrected chi connectivity index (χ2v) is 20.8. The number of rotatable bonds is 6. The Morgan fingerprint density at radius 1 is 0.936 bits per heavy atom. The smallest absolute Gasteiger partial charge is 0.0798 e. The van der Waals surface area contributed by atoms with E-state index in [0.717, 1.165) is 30.2 Å². The van der Waals surface area contributed by atoms with E-state index in [0.29, 0.717) is 11.6 Å². The van der Waals surface area contributed by atoms with Crippen LogP contribution in [0.4, 0.5) is 4.39 Å². The van der Waals surface area contributed by atoms with Gasteiger partial charge in [0.25, 0.3) is 0 Å². The van der Waals surface area contributed by atoms with Crippen molar-refractivity contribution in [3.05, 3.63) is 114 Å². The predicted octanol–water partition coefficient (Wildman–Crippen LogP) is 11.2. The van der Waals surface area contributed by atoms with Crippen molar-refractivity contribution in [3.63, 3.8) is 0 Å². The maximum absolute atomic E-state index is 14.5. The van der Waals surface area contributed by atoms with Gasteiger partial charge in [0.15, 0.2) is 0 Å². The molecule has 0 fully saturated rings. The van der Waals surface area contributed by atoms with Gasteiger partial charge in [-0.3, -0.25) is 4.39 Å². The van der Waals surface area contributed by atoms with E-state index in [9.17, 15) is 4.39 Å². The Morgan fingerprint density at radius 3 is 2.36 bits per heavy atom. The second kappa shape index (κ2) is 15.0. The Bertz CT molecular complexity index is 2100. The maximum atomic E-state index is 14.5. The van der Waals surface area contributed by atoms with E-state index in [1.165, 1.54) is 42.6 Å². The van der Waals surface area contributed by atoms with Crippen molar-refractivity contribution in [2.75, 3.05) is 0 Å². The van der Waals surface area contributed by atoms with Crippen LogP contribution in [0.15, 0.2) is 79.1 Å². The van der Waals surface area contributed by atoms with Gasteiger partial charge >= 0.3 is 0 Å². The Morgan fingerprint density at radius 2 is 1.68 bits per heavy atom. The van der Waals surface area contributed by atoms with Gasteiger partial charge in [-0.25, -0.2) is 0 Å². The molecule has 0 bridgehead atoms. The number of thiophene rings is 1. The summed E-state index contributed by atoms with van der Waals surface area (Å²) >= 11 is 1.83. The molecular formula is C41H45FIrN2SSi-2. The molecule has 0 saturated heterocycles. The summed E-state index contributed by atoms with van der Waals surface area (Å²) in [4.78, 5) is 9.09. The van der Waals surface area contributed by atoms with Crippen LogP contribution < -0.4 is 5.19 Å². The van der Waals surface area contributed by atoms with Crippen LogP contribution in [0.25, 0.3) is 42.7 Å². The average Bonchev–Trinajstić information content (AvgIpc) is 3.38. The van der Waals surface area contributed by atoms with Crippen LogP contribution in [0.3, 0.4) is 0 Å². The van der Waals surface area contributed by atoms with Gasteiger partial charge in [0.05, 0.1) is 8.07 Å². The fourth-order valence-electron chi connectivity index (χ4n) is 5.80. The van der Waals surface area contributed by atoms with Gasteiger partial charge in [-0.1, -0.05) is 114 Å². The van der Waals surface area contributed by atoms with Gasteiger partial charge in [-0.15, -0.1) is 47.5 Å². The molecule has 0 aliphatic heterocycles. The summed E-state index contributed by atoms with van der Waals surface area (Å²) in [5.41, 5.74) is 5.62. The minimum absolute atomic E-state index is 0. The SMILES string of the molecule is CC(C)(C)Cc1ccnc(-c2[c-]ccc3c2sc2ccccc23)c1.[2H]C([2H])([2H])c1c[c-]c(-c2cc(CC(C)C)c([Si](C)(C)C)cn2)c(F)c1.[Ir]. The molecule has 0 atom stereocenters. The van der Waals surface area contributed by atoms with Crippen LogP contribution in [0, 0.1) is 36.1 Å². The van der Waals surface area contributed by atoms with Gasteiger partial charge in [0.1, 0.15) is 0 Å². The van der Waals surface area contributed by atoms with Crippen LogP contribution in [0.2, 0.25) is 19.6 Å². The summed E-state index contributed by atoms with van der Waals surface area (Å²) in [7, 11) is -1.56. The molecule has 1 radical (unpaired) electrons. The van der Waals surface area contributed by atoms with Gasteiger partial charge in [-0.2, -0.15) is 11.3 Å². The van der Waals surface area contributed by atoms with Gasteiger partial charge < -0.3 is 9.97 Å². The molecule has 0 saturated carbocycles. The Balaban J connectivity index is 0.000000220. The predicted molar refractivity (Wildman–Crippen MR) is 199 cm³/mol. The van der Waals surface area contributed by atoms with Crippen LogP contribution in [0.1, 0.15) is 55.4 Å². The van der Waals surface area contributed by atoms with E-state index in [-0.39, 0.29) is 36.6 Å². The third-order valence-corrected chi connectivity index (χ3v) is 11.0. The molecular weight excluding hydrogens is 792 g/mol. The number of nitrogens with zero attached hydrogens (tertiary/aromatic N) is 2. The third kappa shape index (κ3) is 9.11. The number of benzene rings is 3. The molecule has 0 spiro atoms. The van der Waals surface area contributed by atoms with Crippen molar-refractivity contribution in [2.45, 2.75) is 74.0 Å². The summed E-state index contributed by atoms with van der Waals surface area (Å²) in [6.45, 7) is 15.6. The van der Waals surface area contributed by atoms with Crippen molar-refractivity contribution in [1.29, 1.82) is 0 Å². The summed E-state index contributed by atoms with van der Waals surface area (Å²) in [5, 5.41) is 3.90. The Labute approximate surface area is 303 Å². The minimum Gasteiger partial charge on any atom is -0.305 e. The van der Waals surface area contributed by atoms with E-state index in [1.807, 2.05) is 35.9 Å². The Hall–Kier alpha value is -3.02. The van der Waals surface area contributed by atoms with Crippen molar-refractivity contribution >= 4 is 44.8 Å². The first kappa shape index (κ1) is 32.5. The largest absolute Gasteiger partial charge is 0.305 e. The normalized spacial score (nSPS) is 13.0. The van der Waals surface area contributed by atoms with Crippen molar-refractivity contribution < 1.29 is 28.6 Å². The molecule has 0 amide bonds.